The van der Waals surface area contributed by atoms with Crippen LogP contribution in [0, 0.1) is 0 Å². The Kier molecular flexibility index (Phi) is 5.47. The van der Waals surface area contributed by atoms with E-state index < -0.39 is 5.91 Å². The summed E-state index contributed by atoms with van der Waals surface area (Å²) in [4.78, 5) is 27.2. The van der Waals surface area contributed by atoms with Gasteiger partial charge in [-0.2, -0.15) is 5.17 Å². The quantitative estimate of drug-likeness (QED) is 0.435. The van der Waals surface area contributed by atoms with Gasteiger partial charge < -0.3 is 0 Å². The van der Waals surface area contributed by atoms with Gasteiger partial charge in [0.1, 0.15) is 5.69 Å². The number of halogens is 1. The molecule has 0 unspecified atom stereocenters. The fourth-order valence-corrected chi connectivity index (χ4v) is 2.88. The number of aldehydes is 1. The molecular formula is C17H13ClN4O3S. The Morgan fingerprint density at radius 1 is 1.19 bits per heavy atom. The van der Waals surface area contributed by atoms with Crippen molar-refractivity contribution in [2.75, 3.05) is 15.9 Å². The summed E-state index contributed by atoms with van der Waals surface area (Å²) in [5.41, 5.74) is 4.12. The topological polar surface area (TPSA) is 94.6 Å². The minimum atomic E-state index is -0.426. The van der Waals surface area contributed by atoms with Crippen molar-refractivity contribution in [3.05, 3.63) is 70.2 Å². The molecule has 1 amide bonds. The first kappa shape index (κ1) is 17.9. The molecule has 2 aromatic carbocycles. The lowest BCUT2D eigenvalue weighted by atomic mass is 10.1. The van der Waals surface area contributed by atoms with Crippen LogP contribution in [0.25, 0.3) is 0 Å². The summed E-state index contributed by atoms with van der Waals surface area (Å²) in [5, 5.41) is 16.0. The third kappa shape index (κ3) is 4.17. The largest absolute Gasteiger partial charge is 0.298 e. The summed E-state index contributed by atoms with van der Waals surface area (Å²) >= 11 is 6.98. The van der Waals surface area contributed by atoms with Gasteiger partial charge in [0.15, 0.2) is 11.4 Å². The number of para-hydroxylation sites is 1. The number of rotatable bonds is 6. The summed E-state index contributed by atoms with van der Waals surface area (Å²) in [6, 6.07) is 13.2. The van der Waals surface area contributed by atoms with Crippen LogP contribution >= 0.6 is 22.9 Å². The molecule has 0 saturated heterocycles. The number of aromatic nitrogens is 1. The van der Waals surface area contributed by atoms with Gasteiger partial charge in [0.25, 0.3) is 5.91 Å². The molecule has 3 aromatic rings. The predicted molar refractivity (Wildman–Crippen MR) is 101 cm³/mol. The van der Waals surface area contributed by atoms with Gasteiger partial charge in [-0.1, -0.05) is 23.7 Å². The molecule has 0 aliphatic carbocycles. The highest BCUT2D eigenvalue weighted by Gasteiger charge is 2.15. The highest BCUT2D eigenvalue weighted by atomic mass is 35.5. The van der Waals surface area contributed by atoms with Gasteiger partial charge in [-0.25, -0.2) is 4.98 Å². The van der Waals surface area contributed by atoms with E-state index in [1.165, 1.54) is 0 Å². The standard InChI is InChI=1S/C17H13ClN4O3S/c18-11-5-7-13(8-6-11)22(25)21-15-4-2-1-3-14(15)16(24)20-17-19-12(9-23)10-26-17/h1-10,21,25H,(H,19,20,24). The molecule has 9 heteroatoms. The number of carbonyl (C=O) groups is 2. The Balaban J connectivity index is 1.77. The van der Waals surface area contributed by atoms with E-state index in [0.717, 1.165) is 16.5 Å². The molecule has 0 fully saturated rings. The monoisotopic (exact) mass is 388 g/mol. The van der Waals surface area contributed by atoms with Crippen LogP contribution in [0.2, 0.25) is 5.02 Å². The molecule has 3 rings (SSSR count). The molecule has 0 aliphatic heterocycles. The SMILES string of the molecule is O=Cc1csc(NC(=O)c2ccccc2NN(O)c2ccc(Cl)cc2)n1. The first-order chi connectivity index (χ1) is 12.6. The molecule has 1 heterocycles. The highest BCUT2D eigenvalue weighted by molar-refractivity contribution is 7.14. The Bertz CT molecular complexity index is 930. The van der Waals surface area contributed by atoms with Gasteiger partial charge in [0.2, 0.25) is 0 Å². The van der Waals surface area contributed by atoms with E-state index in [2.05, 4.69) is 15.7 Å². The number of nitrogens with zero attached hydrogens (tertiary/aromatic N) is 2. The van der Waals surface area contributed by atoms with Crippen LogP contribution in [0.3, 0.4) is 0 Å². The smallest absolute Gasteiger partial charge is 0.259 e. The maximum Gasteiger partial charge on any atom is 0.259 e. The van der Waals surface area contributed by atoms with Gasteiger partial charge in [-0.15, -0.1) is 11.3 Å². The zero-order chi connectivity index (χ0) is 18.5. The molecule has 7 nitrogen and oxygen atoms in total. The van der Waals surface area contributed by atoms with Crippen LogP contribution in [0.5, 0.6) is 0 Å². The van der Waals surface area contributed by atoms with E-state index in [1.807, 2.05) is 0 Å². The molecule has 132 valence electrons. The first-order valence-electron chi connectivity index (χ1n) is 7.39. The van der Waals surface area contributed by atoms with Gasteiger partial charge in [0.05, 0.1) is 16.9 Å². The molecule has 1 aromatic heterocycles. The summed E-state index contributed by atoms with van der Waals surface area (Å²) < 4.78 is 0. The number of carbonyl (C=O) groups excluding carboxylic acids is 2. The van der Waals surface area contributed by atoms with E-state index in [0.29, 0.717) is 33.4 Å². The zero-order valence-electron chi connectivity index (χ0n) is 13.2. The number of hydrazine groups is 1. The third-order valence-electron chi connectivity index (χ3n) is 3.33. The van der Waals surface area contributed by atoms with Gasteiger partial charge >= 0.3 is 0 Å². The highest BCUT2D eigenvalue weighted by Crippen LogP contribution is 2.22. The third-order valence-corrected chi connectivity index (χ3v) is 4.36. The number of nitrogens with one attached hydrogen (secondary N) is 2. The van der Waals surface area contributed by atoms with Crippen molar-refractivity contribution >= 4 is 51.6 Å². The number of hydrogen-bond acceptors (Lipinski definition) is 7. The van der Waals surface area contributed by atoms with Crippen LogP contribution in [0.15, 0.2) is 53.9 Å². The zero-order valence-corrected chi connectivity index (χ0v) is 14.8. The van der Waals surface area contributed by atoms with E-state index >= 15 is 0 Å². The normalized spacial score (nSPS) is 10.2. The van der Waals surface area contributed by atoms with Crippen LogP contribution in [-0.4, -0.2) is 22.4 Å². The van der Waals surface area contributed by atoms with E-state index in [1.54, 1.807) is 53.9 Å². The lowest BCUT2D eigenvalue weighted by Gasteiger charge is -2.20. The van der Waals surface area contributed by atoms with Crippen molar-refractivity contribution < 1.29 is 14.8 Å². The van der Waals surface area contributed by atoms with E-state index in [9.17, 15) is 14.8 Å². The molecule has 3 N–H and O–H groups in total. The molecule has 0 bridgehead atoms. The van der Waals surface area contributed by atoms with E-state index in [4.69, 9.17) is 11.6 Å². The minimum absolute atomic E-state index is 0.251. The molecule has 0 spiro atoms. The van der Waals surface area contributed by atoms with Gasteiger partial charge in [-0.3, -0.25) is 25.5 Å². The maximum absolute atomic E-state index is 12.5. The second-order valence-electron chi connectivity index (χ2n) is 5.10. The lowest BCUT2D eigenvalue weighted by Crippen LogP contribution is -2.27. The van der Waals surface area contributed by atoms with Crippen molar-refractivity contribution in [1.29, 1.82) is 0 Å². The summed E-state index contributed by atoms with van der Waals surface area (Å²) in [7, 11) is 0. The Morgan fingerprint density at radius 3 is 2.62 bits per heavy atom. The van der Waals surface area contributed by atoms with E-state index in [-0.39, 0.29) is 5.69 Å². The second kappa shape index (κ2) is 7.96. The van der Waals surface area contributed by atoms with Crippen LogP contribution in [0.4, 0.5) is 16.5 Å². The second-order valence-corrected chi connectivity index (χ2v) is 6.39. The molecule has 0 radical (unpaired) electrons. The molecule has 0 atom stereocenters. The van der Waals surface area contributed by atoms with Crippen molar-refractivity contribution in [2.45, 2.75) is 0 Å². The molecule has 0 saturated carbocycles. The maximum atomic E-state index is 12.5. The Morgan fingerprint density at radius 2 is 1.92 bits per heavy atom. The van der Waals surface area contributed by atoms with Crippen LogP contribution < -0.4 is 15.9 Å². The average Bonchev–Trinajstić information content (AvgIpc) is 3.10. The Hall–Kier alpha value is -2.94. The van der Waals surface area contributed by atoms with Crippen LogP contribution in [0.1, 0.15) is 20.8 Å². The summed E-state index contributed by atoms with van der Waals surface area (Å²) in [6.07, 6.45) is 0.609. The number of hydrogen-bond donors (Lipinski definition) is 3. The number of anilines is 3. The average molecular weight is 389 g/mol. The minimum Gasteiger partial charge on any atom is -0.298 e. The van der Waals surface area contributed by atoms with Crippen LogP contribution in [-0.2, 0) is 0 Å². The summed E-state index contributed by atoms with van der Waals surface area (Å²) in [5.74, 6) is -0.426. The van der Waals surface area contributed by atoms with Gasteiger partial charge in [-0.05, 0) is 36.4 Å². The number of thiazole rings is 1. The van der Waals surface area contributed by atoms with Crippen molar-refractivity contribution in [2.24, 2.45) is 0 Å². The predicted octanol–water partition coefficient (Wildman–Crippen LogP) is 4.08. The fourth-order valence-electron chi connectivity index (χ4n) is 2.10. The molecule has 26 heavy (non-hydrogen) atoms. The van der Waals surface area contributed by atoms with Gasteiger partial charge in [0, 0.05) is 10.4 Å². The lowest BCUT2D eigenvalue weighted by molar-refractivity contribution is 0.102. The molecular weight excluding hydrogens is 376 g/mol. The van der Waals surface area contributed by atoms with Crippen molar-refractivity contribution in [3.63, 3.8) is 0 Å². The van der Waals surface area contributed by atoms with Crippen molar-refractivity contribution in [1.82, 2.24) is 4.98 Å². The Labute approximate surface area is 157 Å². The first-order valence-corrected chi connectivity index (χ1v) is 8.65. The number of amides is 1. The summed E-state index contributed by atoms with van der Waals surface area (Å²) in [6.45, 7) is 0. The molecule has 0 aliphatic rings. The van der Waals surface area contributed by atoms with Crippen molar-refractivity contribution in [3.8, 4) is 0 Å². The number of benzene rings is 2. The fraction of sp³-hybridized carbons (Fsp3) is 0.